The van der Waals surface area contributed by atoms with Crippen LogP contribution in [0.15, 0.2) is 144 Å². The molecule has 10 rings (SSSR count). The monoisotopic (exact) mass is 755 g/mol. The van der Waals surface area contributed by atoms with Crippen LogP contribution in [0, 0.1) is 0 Å². The average Bonchev–Trinajstić information content (AvgIpc) is 3.77. The molecule has 7 aromatic carbocycles. The van der Waals surface area contributed by atoms with Gasteiger partial charge >= 0.3 is 0 Å². The van der Waals surface area contributed by atoms with Crippen LogP contribution in [0.25, 0.3) is 55.3 Å². The second-order valence-electron chi connectivity index (χ2n) is 19.8. The van der Waals surface area contributed by atoms with E-state index in [0.29, 0.717) is 0 Å². The summed E-state index contributed by atoms with van der Waals surface area (Å²) in [6, 6.07) is 52.2. The van der Waals surface area contributed by atoms with Crippen molar-refractivity contribution in [3.05, 3.63) is 173 Å². The topological polar surface area (TPSA) is 16.4 Å². The smallest absolute Gasteiger partial charge is 0.139 e. The van der Waals surface area contributed by atoms with E-state index in [-0.39, 0.29) is 21.7 Å². The lowest BCUT2D eigenvalue weighted by molar-refractivity contribution is 0.559. The molecule has 0 aliphatic heterocycles. The molecule has 0 saturated heterocycles. The van der Waals surface area contributed by atoms with Gasteiger partial charge in [0.05, 0.1) is 5.69 Å². The molecule has 8 aromatic rings. The molecule has 1 aromatic heterocycles. The Hall–Kier alpha value is -5.86. The van der Waals surface area contributed by atoms with E-state index in [9.17, 15) is 0 Å². The minimum Gasteiger partial charge on any atom is -0.456 e. The molecule has 288 valence electrons. The zero-order valence-electron chi connectivity index (χ0n) is 35.6. The summed E-state index contributed by atoms with van der Waals surface area (Å²) in [5.41, 5.74) is 20.7. The maximum atomic E-state index is 6.93. The normalized spacial score (nSPS) is 15.0. The van der Waals surface area contributed by atoms with Crippen LogP contribution < -0.4 is 4.90 Å². The fourth-order valence-electron chi connectivity index (χ4n) is 10.2. The van der Waals surface area contributed by atoms with Gasteiger partial charge in [-0.3, -0.25) is 0 Å². The van der Waals surface area contributed by atoms with Crippen LogP contribution in [0.5, 0.6) is 0 Å². The average molecular weight is 756 g/mol. The Kier molecular flexibility index (Phi) is 7.75. The summed E-state index contributed by atoms with van der Waals surface area (Å²) in [4.78, 5) is 2.51. The van der Waals surface area contributed by atoms with Crippen molar-refractivity contribution in [2.45, 2.75) is 90.9 Å². The largest absolute Gasteiger partial charge is 0.456 e. The molecular weight excluding hydrogens is 703 g/mol. The third-order valence-electron chi connectivity index (χ3n) is 13.3. The summed E-state index contributed by atoms with van der Waals surface area (Å²) in [6.45, 7) is 23.4. The maximum absolute atomic E-state index is 6.93. The van der Waals surface area contributed by atoms with Gasteiger partial charge in [-0.05, 0) is 114 Å². The molecule has 1 heterocycles. The predicted molar refractivity (Wildman–Crippen MR) is 246 cm³/mol. The van der Waals surface area contributed by atoms with Gasteiger partial charge in [0.2, 0.25) is 0 Å². The van der Waals surface area contributed by atoms with Gasteiger partial charge < -0.3 is 9.32 Å². The van der Waals surface area contributed by atoms with Crippen molar-refractivity contribution in [3.8, 4) is 33.4 Å². The number of benzene rings is 7. The summed E-state index contributed by atoms with van der Waals surface area (Å²) in [5, 5.41) is 2.44. The van der Waals surface area contributed by atoms with E-state index in [2.05, 4.69) is 214 Å². The molecule has 0 amide bonds. The molecule has 2 heteroatoms. The summed E-state index contributed by atoms with van der Waals surface area (Å²) in [7, 11) is 0. The Morgan fingerprint density at radius 2 is 1.16 bits per heavy atom. The minimum atomic E-state index is -0.290. The predicted octanol–water partition coefficient (Wildman–Crippen LogP) is 15.9. The van der Waals surface area contributed by atoms with E-state index in [1.54, 1.807) is 0 Å². The highest BCUT2D eigenvalue weighted by molar-refractivity contribution is 6.16. The maximum Gasteiger partial charge on any atom is 0.139 e. The Morgan fingerprint density at radius 1 is 0.500 bits per heavy atom. The zero-order valence-corrected chi connectivity index (χ0v) is 35.6. The van der Waals surface area contributed by atoms with Crippen molar-refractivity contribution in [3.63, 3.8) is 0 Å². The van der Waals surface area contributed by atoms with Crippen molar-refractivity contribution in [2.24, 2.45) is 0 Å². The Bertz CT molecular complexity index is 2940. The highest BCUT2D eigenvalue weighted by atomic mass is 16.3. The molecule has 0 spiro atoms. The molecule has 0 bridgehead atoms. The zero-order chi connectivity index (χ0) is 40.5. The molecule has 0 unspecified atom stereocenters. The van der Waals surface area contributed by atoms with E-state index in [1.165, 1.54) is 83.2 Å². The first-order chi connectivity index (χ1) is 27.5. The number of anilines is 3. The molecule has 58 heavy (non-hydrogen) atoms. The first-order valence-corrected chi connectivity index (χ1v) is 20.9. The molecule has 0 saturated carbocycles. The molecule has 0 radical (unpaired) electrons. The number of hydrogen-bond acceptors (Lipinski definition) is 2. The van der Waals surface area contributed by atoms with Gasteiger partial charge in [-0.1, -0.05) is 166 Å². The van der Waals surface area contributed by atoms with E-state index in [4.69, 9.17) is 4.42 Å². The fraction of sp³-hybridized carbons (Fsp3) is 0.250. The lowest BCUT2D eigenvalue weighted by atomic mass is 9.79. The van der Waals surface area contributed by atoms with Crippen LogP contribution in [0.3, 0.4) is 0 Å². The molecule has 2 aliphatic rings. The van der Waals surface area contributed by atoms with Crippen LogP contribution in [0.2, 0.25) is 0 Å². The molecule has 0 fully saturated rings. The highest BCUT2D eigenvalue weighted by Crippen LogP contribution is 2.58. The van der Waals surface area contributed by atoms with Crippen molar-refractivity contribution in [2.75, 3.05) is 4.90 Å². The summed E-state index contributed by atoms with van der Waals surface area (Å²) >= 11 is 0. The van der Waals surface area contributed by atoms with Gasteiger partial charge in [-0.25, -0.2) is 0 Å². The molecule has 2 aliphatic carbocycles. The second kappa shape index (κ2) is 12.3. The van der Waals surface area contributed by atoms with Crippen LogP contribution >= 0.6 is 0 Å². The highest BCUT2D eigenvalue weighted by Gasteiger charge is 2.42. The standard InChI is InChI=1S/C56H53NO/c1-53(2,3)36-31-42-50-48(58-52(42)46(32-36)54(4,5)6)30-29-44-49(50)41-20-16-22-47(51(41)56(44,9)10)57(37-25-23-35(24-26-37)34-17-12-11-13-18-34)38-27-28-40-39-19-14-15-21-43(39)55(7,8)45(40)33-38/h11-33H,1-10H3. The van der Waals surface area contributed by atoms with Crippen LogP contribution in [-0.4, -0.2) is 0 Å². The van der Waals surface area contributed by atoms with Crippen molar-refractivity contribution < 1.29 is 4.42 Å². The van der Waals surface area contributed by atoms with Crippen molar-refractivity contribution in [1.29, 1.82) is 0 Å². The van der Waals surface area contributed by atoms with Gasteiger partial charge in [0.1, 0.15) is 11.2 Å². The lowest BCUT2D eigenvalue weighted by Crippen LogP contribution is -2.21. The van der Waals surface area contributed by atoms with E-state index < -0.39 is 0 Å². The van der Waals surface area contributed by atoms with E-state index in [0.717, 1.165) is 22.5 Å². The SMILES string of the molecule is CC(C)(C)c1cc(C(C)(C)C)c2oc3ccc4c(c3c2c1)-c1cccc(N(c2ccc(-c3ccccc3)cc2)c2ccc3c(c2)C(C)(C)c2ccccc2-3)c1C4(C)C. The molecule has 2 nitrogen and oxygen atoms in total. The van der Waals surface area contributed by atoms with Crippen LogP contribution in [0.1, 0.15) is 103 Å². The number of furan rings is 1. The number of nitrogens with zero attached hydrogens (tertiary/aromatic N) is 1. The summed E-state index contributed by atoms with van der Waals surface area (Å²) in [6.07, 6.45) is 0. The Labute approximate surface area is 344 Å². The van der Waals surface area contributed by atoms with Crippen molar-refractivity contribution in [1.82, 2.24) is 0 Å². The van der Waals surface area contributed by atoms with Gasteiger partial charge in [0.15, 0.2) is 0 Å². The van der Waals surface area contributed by atoms with Gasteiger partial charge in [-0.2, -0.15) is 0 Å². The third-order valence-corrected chi connectivity index (χ3v) is 13.3. The lowest BCUT2D eigenvalue weighted by Gasteiger charge is -2.33. The van der Waals surface area contributed by atoms with E-state index >= 15 is 0 Å². The van der Waals surface area contributed by atoms with Gasteiger partial charge in [0.25, 0.3) is 0 Å². The third kappa shape index (κ3) is 5.30. The second-order valence-corrected chi connectivity index (χ2v) is 19.8. The molecule has 0 N–H and O–H groups in total. The molecular formula is C56H53NO. The first kappa shape index (κ1) is 36.5. The minimum absolute atomic E-state index is 0.0115. The molecule has 0 atom stereocenters. The Balaban J connectivity index is 1.23. The fourth-order valence-corrected chi connectivity index (χ4v) is 10.2. The van der Waals surface area contributed by atoms with Crippen molar-refractivity contribution >= 4 is 39.0 Å². The van der Waals surface area contributed by atoms with Gasteiger partial charge in [0, 0.05) is 38.5 Å². The first-order valence-electron chi connectivity index (χ1n) is 20.9. The van der Waals surface area contributed by atoms with Crippen LogP contribution in [-0.2, 0) is 21.7 Å². The number of rotatable bonds is 4. The number of hydrogen-bond donors (Lipinski definition) is 0. The Morgan fingerprint density at radius 3 is 1.88 bits per heavy atom. The van der Waals surface area contributed by atoms with Crippen LogP contribution in [0.4, 0.5) is 17.1 Å². The summed E-state index contributed by atoms with van der Waals surface area (Å²) < 4.78 is 6.93. The van der Waals surface area contributed by atoms with E-state index in [1.807, 2.05) is 0 Å². The number of fused-ring (bicyclic) bond motifs is 10. The summed E-state index contributed by atoms with van der Waals surface area (Å²) in [5.74, 6) is 0. The van der Waals surface area contributed by atoms with Gasteiger partial charge in [-0.15, -0.1) is 0 Å². The quantitative estimate of drug-likeness (QED) is 0.178.